The molecule has 15 heavy (non-hydrogen) atoms. The summed E-state index contributed by atoms with van der Waals surface area (Å²) in [5, 5.41) is 3.20. The van der Waals surface area contributed by atoms with Crippen LogP contribution in [0.15, 0.2) is 18.2 Å². The van der Waals surface area contributed by atoms with Crippen molar-refractivity contribution in [2.75, 3.05) is 5.32 Å². The van der Waals surface area contributed by atoms with Gasteiger partial charge in [0.2, 0.25) is 0 Å². The first-order chi connectivity index (χ1) is 7.04. The van der Waals surface area contributed by atoms with Gasteiger partial charge in [0.05, 0.1) is 5.56 Å². The molecule has 0 spiro atoms. The maximum absolute atomic E-state index is 11.5. The van der Waals surface area contributed by atoms with Gasteiger partial charge in [-0.25, -0.2) is 5.84 Å². The molecule has 0 radical (unpaired) electrons. The van der Waals surface area contributed by atoms with Crippen LogP contribution in [0.1, 0.15) is 29.8 Å². The van der Waals surface area contributed by atoms with Gasteiger partial charge in [-0.3, -0.25) is 10.2 Å². The summed E-state index contributed by atoms with van der Waals surface area (Å²) >= 11 is 0. The standard InChI is InChI=1S/C11H17N3O/c1-7(2)13-10-5-4-8(3)6-9(10)11(15)14-12/h4-7,13H,12H2,1-3H3,(H,14,15). The molecule has 0 aliphatic carbocycles. The molecular weight excluding hydrogens is 190 g/mol. The lowest BCUT2D eigenvalue weighted by Crippen LogP contribution is -2.31. The van der Waals surface area contributed by atoms with Crippen LogP contribution in [0.5, 0.6) is 0 Å². The average Bonchev–Trinajstić information content (AvgIpc) is 2.19. The van der Waals surface area contributed by atoms with Crippen LogP contribution in [0.3, 0.4) is 0 Å². The van der Waals surface area contributed by atoms with Crippen molar-refractivity contribution in [2.24, 2.45) is 5.84 Å². The second-order valence-corrected chi connectivity index (χ2v) is 3.82. The second-order valence-electron chi connectivity index (χ2n) is 3.82. The summed E-state index contributed by atoms with van der Waals surface area (Å²) in [7, 11) is 0. The Morgan fingerprint density at radius 3 is 2.60 bits per heavy atom. The Morgan fingerprint density at radius 2 is 2.07 bits per heavy atom. The molecular formula is C11H17N3O. The Kier molecular flexibility index (Phi) is 3.68. The zero-order valence-electron chi connectivity index (χ0n) is 9.29. The number of carbonyl (C=O) groups excluding carboxylic acids is 1. The monoisotopic (exact) mass is 207 g/mol. The molecule has 4 heteroatoms. The fraction of sp³-hybridized carbons (Fsp3) is 0.364. The van der Waals surface area contributed by atoms with Gasteiger partial charge in [-0.15, -0.1) is 0 Å². The first kappa shape index (κ1) is 11.5. The summed E-state index contributed by atoms with van der Waals surface area (Å²) in [5.41, 5.74) is 4.55. The number of nitrogens with two attached hydrogens (primary N) is 1. The largest absolute Gasteiger partial charge is 0.382 e. The molecule has 0 unspecified atom stereocenters. The first-order valence-corrected chi connectivity index (χ1v) is 4.92. The van der Waals surface area contributed by atoms with Crippen LogP contribution >= 0.6 is 0 Å². The number of hydrazine groups is 1. The molecule has 0 aromatic heterocycles. The van der Waals surface area contributed by atoms with Gasteiger partial charge in [-0.05, 0) is 32.9 Å². The van der Waals surface area contributed by atoms with Crippen LogP contribution in [0, 0.1) is 6.92 Å². The smallest absolute Gasteiger partial charge is 0.267 e. The number of rotatable bonds is 3. The average molecular weight is 207 g/mol. The number of hydrogen-bond donors (Lipinski definition) is 3. The van der Waals surface area contributed by atoms with Gasteiger partial charge in [0.1, 0.15) is 0 Å². The van der Waals surface area contributed by atoms with E-state index in [2.05, 4.69) is 10.7 Å². The van der Waals surface area contributed by atoms with E-state index in [1.165, 1.54) is 0 Å². The Hall–Kier alpha value is -1.55. The number of hydrogen-bond acceptors (Lipinski definition) is 3. The van der Waals surface area contributed by atoms with Crippen LogP contribution < -0.4 is 16.6 Å². The maximum Gasteiger partial charge on any atom is 0.267 e. The molecule has 1 aromatic carbocycles. The van der Waals surface area contributed by atoms with Crippen molar-refractivity contribution in [1.29, 1.82) is 0 Å². The van der Waals surface area contributed by atoms with Gasteiger partial charge in [-0.1, -0.05) is 11.6 Å². The predicted octanol–water partition coefficient (Wildman–Crippen LogP) is 1.42. The van der Waals surface area contributed by atoms with Crippen LogP contribution in [-0.4, -0.2) is 11.9 Å². The third-order valence-corrected chi connectivity index (χ3v) is 1.99. The zero-order chi connectivity index (χ0) is 11.4. The molecule has 1 aromatic rings. The number of amides is 1. The van der Waals surface area contributed by atoms with E-state index in [0.29, 0.717) is 5.56 Å². The van der Waals surface area contributed by atoms with Crippen LogP contribution in [0.2, 0.25) is 0 Å². The maximum atomic E-state index is 11.5. The quantitative estimate of drug-likeness (QED) is 0.399. The summed E-state index contributed by atoms with van der Waals surface area (Å²) in [6, 6.07) is 5.93. The Morgan fingerprint density at radius 1 is 1.40 bits per heavy atom. The molecule has 1 amide bonds. The molecule has 0 saturated heterocycles. The second kappa shape index (κ2) is 4.79. The Balaban J connectivity index is 3.08. The number of carbonyl (C=O) groups is 1. The van der Waals surface area contributed by atoms with E-state index in [0.717, 1.165) is 11.3 Å². The Labute approximate surface area is 89.8 Å². The molecule has 82 valence electrons. The lowest BCUT2D eigenvalue weighted by atomic mass is 10.1. The van der Waals surface area contributed by atoms with E-state index in [4.69, 9.17) is 5.84 Å². The van der Waals surface area contributed by atoms with Crippen molar-refractivity contribution in [2.45, 2.75) is 26.8 Å². The summed E-state index contributed by atoms with van der Waals surface area (Å²) in [6.45, 7) is 5.97. The summed E-state index contributed by atoms with van der Waals surface area (Å²) in [6.07, 6.45) is 0. The lowest BCUT2D eigenvalue weighted by Gasteiger charge is -2.14. The van der Waals surface area contributed by atoms with Crippen molar-refractivity contribution < 1.29 is 4.79 Å². The minimum Gasteiger partial charge on any atom is -0.382 e. The summed E-state index contributed by atoms with van der Waals surface area (Å²) in [5.74, 6) is 4.85. The first-order valence-electron chi connectivity index (χ1n) is 4.92. The van der Waals surface area contributed by atoms with E-state index >= 15 is 0 Å². The van der Waals surface area contributed by atoms with Crippen molar-refractivity contribution in [3.63, 3.8) is 0 Å². The van der Waals surface area contributed by atoms with Crippen molar-refractivity contribution in [3.8, 4) is 0 Å². The number of anilines is 1. The minimum atomic E-state index is -0.276. The molecule has 1 rings (SSSR count). The van der Waals surface area contributed by atoms with E-state index < -0.39 is 0 Å². The highest BCUT2D eigenvalue weighted by molar-refractivity contribution is 5.99. The van der Waals surface area contributed by atoms with Gasteiger partial charge >= 0.3 is 0 Å². The lowest BCUT2D eigenvalue weighted by molar-refractivity contribution is 0.0954. The SMILES string of the molecule is Cc1ccc(NC(C)C)c(C(=O)NN)c1. The summed E-state index contributed by atoms with van der Waals surface area (Å²) in [4.78, 5) is 11.5. The zero-order valence-corrected chi connectivity index (χ0v) is 9.29. The highest BCUT2D eigenvalue weighted by Gasteiger charge is 2.10. The fourth-order valence-electron chi connectivity index (χ4n) is 1.36. The van der Waals surface area contributed by atoms with E-state index in [1.54, 1.807) is 0 Å². The molecule has 0 fully saturated rings. The van der Waals surface area contributed by atoms with Crippen LogP contribution in [-0.2, 0) is 0 Å². The summed E-state index contributed by atoms with van der Waals surface area (Å²) < 4.78 is 0. The van der Waals surface area contributed by atoms with Crippen LogP contribution in [0.4, 0.5) is 5.69 Å². The van der Waals surface area contributed by atoms with E-state index in [9.17, 15) is 4.79 Å². The topological polar surface area (TPSA) is 67.2 Å². The number of benzene rings is 1. The third kappa shape index (κ3) is 2.95. The molecule has 0 atom stereocenters. The van der Waals surface area contributed by atoms with Crippen molar-refractivity contribution in [3.05, 3.63) is 29.3 Å². The van der Waals surface area contributed by atoms with Gasteiger partial charge < -0.3 is 5.32 Å². The molecule has 4 nitrogen and oxygen atoms in total. The highest BCUT2D eigenvalue weighted by atomic mass is 16.2. The normalized spacial score (nSPS) is 10.2. The molecule has 0 saturated carbocycles. The number of aryl methyl sites for hydroxylation is 1. The number of nitrogen functional groups attached to an aromatic ring is 1. The van der Waals surface area contributed by atoms with E-state index in [1.807, 2.05) is 39.0 Å². The van der Waals surface area contributed by atoms with E-state index in [-0.39, 0.29) is 11.9 Å². The van der Waals surface area contributed by atoms with Gasteiger partial charge in [-0.2, -0.15) is 0 Å². The third-order valence-electron chi connectivity index (χ3n) is 1.99. The molecule has 4 N–H and O–H groups in total. The van der Waals surface area contributed by atoms with Crippen molar-refractivity contribution in [1.82, 2.24) is 5.43 Å². The molecule has 0 heterocycles. The van der Waals surface area contributed by atoms with Gasteiger partial charge in [0.15, 0.2) is 0 Å². The van der Waals surface area contributed by atoms with Crippen molar-refractivity contribution >= 4 is 11.6 Å². The Bertz CT molecular complexity index is 361. The van der Waals surface area contributed by atoms with Gasteiger partial charge in [0, 0.05) is 11.7 Å². The molecule has 0 aliphatic rings. The highest BCUT2D eigenvalue weighted by Crippen LogP contribution is 2.17. The minimum absolute atomic E-state index is 0.275. The van der Waals surface area contributed by atoms with Gasteiger partial charge in [0.25, 0.3) is 5.91 Å². The number of nitrogens with one attached hydrogen (secondary N) is 2. The molecule has 0 bridgehead atoms. The predicted molar refractivity (Wildman–Crippen MR) is 61.6 cm³/mol. The molecule has 0 aliphatic heterocycles. The van der Waals surface area contributed by atoms with Crippen LogP contribution in [0.25, 0.3) is 0 Å². The fourth-order valence-corrected chi connectivity index (χ4v) is 1.36.